The van der Waals surface area contributed by atoms with Crippen LogP contribution >= 0.6 is 0 Å². The van der Waals surface area contributed by atoms with E-state index in [-0.39, 0.29) is 0 Å². The molecule has 0 bridgehead atoms. The lowest BCUT2D eigenvalue weighted by Crippen LogP contribution is -2.71. The quantitative estimate of drug-likeness (QED) is 0.0318. The Bertz CT molecular complexity index is 3100. The molecule has 0 aromatic heterocycles. The maximum Gasteiger partial charge on any atom is 0.217 e. The van der Waals surface area contributed by atoms with Gasteiger partial charge in [0.15, 0.2) is 56.6 Å². The smallest absolute Gasteiger partial charge is 0.217 e. The number of ether oxygens (including phenoxy) is 17. The van der Waals surface area contributed by atoms with Gasteiger partial charge in [0.25, 0.3) is 0 Å². The number of nitrogens with one attached hydrogen (secondary N) is 5. The number of carbonyl (C=O) groups is 5. The molecule has 115 heavy (non-hydrogen) atoms. The van der Waals surface area contributed by atoms with Crippen molar-refractivity contribution in [1.29, 1.82) is 0 Å². The minimum Gasteiger partial charge on any atom is -0.394 e. The van der Waals surface area contributed by atoms with E-state index in [1.165, 1.54) is 0 Å². The third kappa shape index (κ3) is 21.3. The molecule has 29 N–H and O–H groups in total. The molecule has 1 unspecified atom stereocenters. The molecule has 0 spiro atoms. The van der Waals surface area contributed by atoms with Gasteiger partial charge in [0, 0.05) is 34.6 Å². The third-order valence-electron chi connectivity index (χ3n) is 20.8. The zero-order chi connectivity index (χ0) is 84.8. The van der Waals surface area contributed by atoms with Crippen LogP contribution in [0.25, 0.3) is 0 Å². The maximum atomic E-state index is 13.3. The van der Waals surface area contributed by atoms with Crippen LogP contribution in [-0.4, -0.2) is 488 Å². The summed E-state index contributed by atoms with van der Waals surface area (Å²) >= 11 is 0. The van der Waals surface area contributed by atoms with E-state index in [9.17, 15) is 147 Å². The highest BCUT2D eigenvalue weighted by molar-refractivity contribution is 5.75. The number of aliphatic hydroxyl groups excluding tert-OH is 24. The standard InChI is InChI=1S/C64H107N5O46/c1-15(78)65-29-41(90)49(25(11-75)100-56(29)98)109-59-32(68-18(4)81)42(91)51(27(13-77)106-59)111-62-48(97)53(113-64-55(46(95)38(87)24(10-74)105-64)115-60-33(69-19(5)82)43(92)50(26(12-76)107-60)110-61-47(96)44(93)36(85)22(8-72)103-61)52(112-57-30(66-16(2)79)39(88)34(83)20(6-70)101-57)28(108-62)14-99-63-54(45(94)37(86)23(9-73)104-63)114-58-31(67-17(3)80)40(89)35(84)21(7-71)102-58/h20-64,70-77,83-98H,6-14H2,1-5H3,(H,65,78)(H,66,79)(H,67,80)(H,68,81)(H,69,82)/t20-,21-,22-,23-,24-,25-,26-,27-,28-,29-,30+,31-,32-,33-,34-,35-,36+,37-,38-,39-,40-,41-,42-,43-,44+,45+,46+,47-,48+,49-,50-,51-,52-,53-,54+,55+,56?,57+,58+,59+,60+,61+,62-,63+,64-/m1/s1. The predicted octanol–water partition coefficient (Wildman–Crippen LogP) is -19.9. The Labute approximate surface area is 651 Å². The summed E-state index contributed by atoms with van der Waals surface area (Å²) in [5.41, 5.74) is 0. The molecule has 0 aliphatic carbocycles. The van der Waals surface area contributed by atoms with Gasteiger partial charge in [-0.1, -0.05) is 0 Å². The second kappa shape index (κ2) is 41.5. The van der Waals surface area contributed by atoms with Crippen molar-refractivity contribution in [2.24, 2.45) is 0 Å². The Balaban J connectivity index is 1.17. The van der Waals surface area contributed by atoms with Gasteiger partial charge in [-0.3, -0.25) is 24.0 Å². The summed E-state index contributed by atoms with van der Waals surface area (Å²) in [6, 6.07) is -9.49. The Morgan fingerprint density at radius 1 is 0.226 bits per heavy atom. The number of hydrogen-bond acceptors (Lipinski definition) is 46. The van der Waals surface area contributed by atoms with E-state index in [1.807, 2.05) is 0 Å². The van der Waals surface area contributed by atoms with E-state index in [0.29, 0.717) is 0 Å². The number of hydrogen-bond donors (Lipinski definition) is 29. The Kier molecular flexibility index (Phi) is 34.1. The molecule has 9 aliphatic heterocycles. The highest BCUT2D eigenvalue weighted by Gasteiger charge is 2.62. The lowest BCUT2D eigenvalue weighted by Gasteiger charge is -2.52. The lowest BCUT2D eigenvalue weighted by atomic mass is 9.93. The van der Waals surface area contributed by atoms with Crippen molar-refractivity contribution in [2.75, 3.05) is 59.5 Å². The monoisotopic (exact) mass is 1680 g/mol. The summed E-state index contributed by atoms with van der Waals surface area (Å²) in [4.78, 5) is 64.2. The fourth-order valence-corrected chi connectivity index (χ4v) is 14.9. The number of aliphatic hydroxyl groups is 24. The van der Waals surface area contributed by atoms with Crippen LogP contribution in [0.3, 0.4) is 0 Å². The van der Waals surface area contributed by atoms with Crippen molar-refractivity contribution in [3.63, 3.8) is 0 Å². The van der Waals surface area contributed by atoms with Gasteiger partial charge in [-0.05, 0) is 0 Å². The van der Waals surface area contributed by atoms with Crippen molar-refractivity contribution in [3.05, 3.63) is 0 Å². The van der Waals surface area contributed by atoms with Gasteiger partial charge in [0.2, 0.25) is 29.5 Å². The summed E-state index contributed by atoms with van der Waals surface area (Å²) in [6.45, 7) is -5.57. The Morgan fingerprint density at radius 2 is 0.478 bits per heavy atom. The molecular formula is C64H107N5O46. The summed E-state index contributed by atoms with van der Waals surface area (Å²) in [5, 5.41) is 281. The topological polar surface area (TPSA) is 788 Å². The second-order valence-electron chi connectivity index (χ2n) is 28.9. The van der Waals surface area contributed by atoms with Gasteiger partial charge in [-0.25, -0.2) is 0 Å². The van der Waals surface area contributed by atoms with E-state index >= 15 is 0 Å². The molecule has 9 heterocycles. The third-order valence-corrected chi connectivity index (χ3v) is 20.8. The van der Waals surface area contributed by atoms with Crippen molar-refractivity contribution in [2.45, 2.75) is 311 Å². The molecule has 0 radical (unpaired) electrons. The van der Waals surface area contributed by atoms with Gasteiger partial charge in [0.1, 0.15) is 219 Å². The first-order valence-corrected chi connectivity index (χ1v) is 36.6. The normalized spacial score (nSPS) is 47.9. The Morgan fingerprint density at radius 3 is 0.861 bits per heavy atom. The fraction of sp³-hybridized carbons (Fsp3) is 0.922. The minimum atomic E-state index is -2.72. The molecule has 9 rings (SSSR count). The average Bonchev–Trinajstić information content (AvgIpc) is 0.758. The molecular weight excluding hydrogens is 1570 g/mol. The van der Waals surface area contributed by atoms with Crippen molar-refractivity contribution >= 4 is 29.5 Å². The van der Waals surface area contributed by atoms with Crippen LogP contribution in [0.5, 0.6) is 0 Å². The lowest BCUT2D eigenvalue weighted by molar-refractivity contribution is -0.408. The van der Waals surface area contributed by atoms with Gasteiger partial charge in [-0.15, -0.1) is 0 Å². The summed E-state index contributed by atoms with van der Waals surface area (Å²) in [6.07, 6.45) is -85.8. The van der Waals surface area contributed by atoms with E-state index in [1.54, 1.807) is 0 Å². The van der Waals surface area contributed by atoms with E-state index in [0.717, 1.165) is 34.6 Å². The average molecular weight is 1680 g/mol. The molecule has 0 aromatic rings. The first-order valence-electron chi connectivity index (χ1n) is 36.6. The second-order valence-corrected chi connectivity index (χ2v) is 28.9. The SMILES string of the molecule is CC(=O)N[C@@H]1[C@H](O[C@H]2[C@H](O[C@H]3O[C@H](CO)[C@@H](O)[C@H](O)[C@@H]3O[C@@H]3O[C@H](CO)[C@@H](O[C@@H]4O[C@H](CO)[C@H](O)[C@H](O)[C@H]4O)[C@H](O)[C@H]3NC(C)=O)[C@H](O)[C@@H](O[C@H]3[C@H](O)[C@@H](NC(C)=O)[C@H](O[C@H]4[C@H](O)[C@@H](NC(C)=O)C(O)O[C@@H]4CO)O[C@@H]3CO)O[C@@H]2CO[C@H]2O[C@H](CO)[C@@H](O)[C@H](O)[C@@H]2O[C@@H]2O[C@H](CO)[C@@H](O)[C@H](O)[C@H]2NC(C)=O)O[C@H](CO)[C@@H](O)[C@@H]1O. The summed E-state index contributed by atoms with van der Waals surface area (Å²) < 4.78 is 103. The van der Waals surface area contributed by atoms with E-state index < -0.39 is 365 Å². The molecule has 45 atom stereocenters. The molecule has 9 saturated heterocycles. The number of amides is 5. The van der Waals surface area contributed by atoms with Crippen LogP contribution in [0.2, 0.25) is 0 Å². The maximum absolute atomic E-state index is 13.3. The molecule has 51 nitrogen and oxygen atoms in total. The highest BCUT2D eigenvalue weighted by atomic mass is 16.8. The minimum absolute atomic E-state index is 0.806. The molecule has 9 fully saturated rings. The van der Waals surface area contributed by atoms with Crippen molar-refractivity contribution in [1.82, 2.24) is 26.6 Å². The van der Waals surface area contributed by atoms with Gasteiger partial charge in [0.05, 0.1) is 59.5 Å². The molecule has 0 saturated carbocycles. The molecule has 9 aliphatic rings. The first-order chi connectivity index (χ1) is 54.4. The van der Waals surface area contributed by atoms with E-state index in [4.69, 9.17) is 80.5 Å². The van der Waals surface area contributed by atoms with Crippen LogP contribution in [0.4, 0.5) is 0 Å². The summed E-state index contributed by atoms with van der Waals surface area (Å²) in [5.74, 6) is -4.64. The Hall–Kier alpha value is -4.29. The highest BCUT2D eigenvalue weighted by Crippen LogP contribution is 2.41. The number of rotatable bonds is 30. The predicted molar refractivity (Wildman–Crippen MR) is 355 cm³/mol. The van der Waals surface area contributed by atoms with Crippen molar-refractivity contribution in [3.8, 4) is 0 Å². The molecule has 664 valence electrons. The van der Waals surface area contributed by atoms with Gasteiger partial charge in [-0.2, -0.15) is 0 Å². The van der Waals surface area contributed by atoms with Crippen LogP contribution in [-0.2, 0) is 104 Å². The molecule has 0 aromatic carbocycles. The van der Waals surface area contributed by atoms with Gasteiger partial charge < -0.3 is 230 Å². The fourth-order valence-electron chi connectivity index (χ4n) is 14.9. The number of carbonyl (C=O) groups excluding carboxylic acids is 5. The van der Waals surface area contributed by atoms with Crippen LogP contribution in [0.1, 0.15) is 34.6 Å². The summed E-state index contributed by atoms with van der Waals surface area (Å²) in [7, 11) is 0. The van der Waals surface area contributed by atoms with Crippen LogP contribution in [0, 0.1) is 0 Å². The molecule has 51 heteroatoms. The zero-order valence-corrected chi connectivity index (χ0v) is 62.1. The van der Waals surface area contributed by atoms with E-state index in [2.05, 4.69) is 26.6 Å². The molecule has 5 amide bonds. The van der Waals surface area contributed by atoms with Crippen LogP contribution < -0.4 is 26.6 Å². The first kappa shape index (κ1) is 94.6. The largest absolute Gasteiger partial charge is 0.394 e. The van der Waals surface area contributed by atoms with Crippen molar-refractivity contribution < 1.29 is 227 Å². The van der Waals surface area contributed by atoms with Gasteiger partial charge >= 0.3 is 0 Å². The zero-order valence-electron chi connectivity index (χ0n) is 62.1. The van der Waals surface area contributed by atoms with Crippen LogP contribution in [0.15, 0.2) is 0 Å².